The number of anilines is 1. The molecule has 0 fully saturated rings. The van der Waals surface area contributed by atoms with Gasteiger partial charge < -0.3 is 10.4 Å². The quantitative estimate of drug-likeness (QED) is 0.759. The van der Waals surface area contributed by atoms with Crippen LogP contribution in [0.3, 0.4) is 0 Å². The number of aliphatic hydroxyl groups is 1. The van der Waals surface area contributed by atoms with Crippen LogP contribution in [-0.2, 0) is 0 Å². The molecular weight excluding hydrogens is 283 g/mol. The highest BCUT2D eigenvalue weighted by Crippen LogP contribution is 2.19. The Labute approximate surface area is 127 Å². The monoisotopic (exact) mass is 301 g/mol. The van der Waals surface area contributed by atoms with Crippen LogP contribution < -0.4 is 10.3 Å². The number of aliphatic hydroxyl groups excluding tert-OH is 1. The lowest BCUT2D eigenvalue weighted by atomic mass is 10.2. The van der Waals surface area contributed by atoms with Crippen LogP contribution in [0, 0.1) is 5.82 Å². The van der Waals surface area contributed by atoms with Crippen molar-refractivity contribution in [1.29, 1.82) is 0 Å². The topological polar surface area (TPSA) is 63.7 Å². The summed E-state index contributed by atoms with van der Waals surface area (Å²) in [6.07, 6.45) is 2.64. The molecule has 0 aliphatic heterocycles. The molecule has 0 spiro atoms. The Bertz CT molecular complexity index is 765. The molecule has 3 N–H and O–H groups in total. The lowest BCUT2D eigenvalue weighted by Gasteiger charge is -2.13. The van der Waals surface area contributed by atoms with Gasteiger partial charge in [-0.25, -0.2) is 9.37 Å². The molecule has 0 saturated carbocycles. The molecule has 5 nitrogen and oxygen atoms in total. The van der Waals surface area contributed by atoms with Crippen molar-refractivity contribution in [2.24, 2.45) is 0 Å². The zero-order chi connectivity index (χ0) is 15.5. The van der Waals surface area contributed by atoms with Crippen LogP contribution in [0.2, 0.25) is 0 Å². The molecule has 1 aromatic carbocycles. The fourth-order valence-corrected chi connectivity index (χ4v) is 2.31. The van der Waals surface area contributed by atoms with Gasteiger partial charge in [0.15, 0.2) is 5.82 Å². The third kappa shape index (κ3) is 2.78. The minimum Gasteiger partial charge on any atom is -0.394 e. The average Bonchev–Trinajstić information content (AvgIpc) is 2.96. The predicted octanol–water partition coefficient (Wildman–Crippen LogP) is 2.14. The van der Waals surface area contributed by atoms with Gasteiger partial charge in [-0.1, -0.05) is 16.5 Å². The molecule has 0 saturated heterocycles. The fraction of sp³-hybridized carbons (Fsp3) is 0.250. The van der Waals surface area contributed by atoms with Gasteiger partial charge in [0.2, 0.25) is 5.69 Å². The highest BCUT2D eigenvalue weighted by atomic mass is 19.1. The zero-order valence-corrected chi connectivity index (χ0v) is 12.3. The molecule has 2 heterocycles. The predicted molar refractivity (Wildman–Crippen MR) is 81.9 cm³/mol. The number of halogens is 1. The summed E-state index contributed by atoms with van der Waals surface area (Å²) in [6.45, 7) is 2.05. The molecule has 1 atom stereocenters. The molecule has 1 unspecified atom stereocenters. The molecule has 2 aromatic heterocycles. The third-order valence-electron chi connectivity index (χ3n) is 3.63. The summed E-state index contributed by atoms with van der Waals surface area (Å²) in [6, 6.07) is 10.0. The summed E-state index contributed by atoms with van der Waals surface area (Å²) in [7, 11) is 0. The average molecular weight is 301 g/mol. The molecule has 0 radical (unpaired) electrons. The molecule has 22 heavy (non-hydrogen) atoms. The lowest BCUT2D eigenvalue weighted by Crippen LogP contribution is -2.23. The minimum absolute atomic E-state index is 0.0289. The van der Waals surface area contributed by atoms with E-state index in [1.807, 2.05) is 25.3 Å². The van der Waals surface area contributed by atoms with E-state index in [0.29, 0.717) is 5.82 Å². The summed E-state index contributed by atoms with van der Waals surface area (Å²) < 4.78 is 14.8. The van der Waals surface area contributed by atoms with Crippen LogP contribution in [0.5, 0.6) is 0 Å². The first-order valence-electron chi connectivity index (χ1n) is 7.25. The number of benzene rings is 1. The number of H-pyrrole nitrogens is 1. The summed E-state index contributed by atoms with van der Waals surface area (Å²) in [4.78, 5) is 3.14. The van der Waals surface area contributed by atoms with Crippen LogP contribution in [0.1, 0.15) is 13.3 Å². The molecule has 0 amide bonds. The van der Waals surface area contributed by atoms with E-state index < -0.39 is 0 Å². The Morgan fingerprint density at radius 2 is 2.05 bits per heavy atom. The maximum absolute atomic E-state index is 13.1. The number of nitrogens with zero attached hydrogens (tertiary/aromatic N) is 2. The first kappa shape index (κ1) is 14.5. The normalized spacial score (nSPS) is 12.5. The summed E-state index contributed by atoms with van der Waals surface area (Å²) in [5, 5.41) is 17.0. The second kappa shape index (κ2) is 6.11. The number of fused-ring (bicyclic) bond motifs is 1. The van der Waals surface area contributed by atoms with E-state index in [1.165, 1.54) is 12.1 Å². The van der Waals surface area contributed by atoms with E-state index in [1.54, 1.807) is 16.6 Å². The maximum Gasteiger partial charge on any atom is 0.305 e. The van der Waals surface area contributed by atoms with Gasteiger partial charge in [0.05, 0.1) is 12.6 Å². The Kier molecular flexibility index (Phi) is 4.02. The molecule has 6 heteroatoms. The Hall–Kier alpha value is -2.47. The number of imidazole rings is 1. The van der Waals surface area contributed by atoms with Crippen molar-refractivity contribution in [2.45, 2.75) is 19.4 Å². The van der Waals surface area contributed by atoms with E-state index in [4.69, 9.17) is 0 Å². The van der Waals surface area contributed by atoms with Gasteiger partial charge in [-0.05, 0) is 36.8 Å². The maximum atomic E-state index is 13.1. The summed E-state index contributed by atoms with van der Waals surface area (Å²) >= 11 is 0. The van der Waals surface area contributed by atoms with Crippen LogP contribution >= 0.6 is 0 Å². The van der Waals surface area contributed by atoms with Crippen molar-refractivity contribution in [3.05, 3.63) is 48.4 Å². The highest BCUT2D eigenvalue weighted by Gasteiger charge is 2.16. The second-order valence-corrected chi connectivity index (χ2v) is 5.13. The first-order valence-corrected chi connectivity index (χ1v) is 7.25. The molecule has 3 rings (SSSR count). The number of rotatable bonds is 5. The molecule has 0 aliphatic rings. The van der Waals surface area contributed by atoms with Crippen LogP contribution in [0.4, 0.5) is 10.2 Å². The van der Waals surface area contributed by atoms with Crippen molar-refractivity contribution in [1.82, 2.24) is 9.61 Å². The Balaban J connectivity index is 2.00. The number of hydrogen-bond acceptors (Lipinski definition) is 3. The minimum atomic E-state index is -0.266. The first-order chi connectivity index (χ1) is 10.7. The number of aromatic nitrogens is 3. The van der Waals surface area contributed by atoms with Crippen molar-refractivity contribution < 1.29 is 14.5 Å². The molecule has 114 valence electrons. The SMILES string of the molecule is CCC(CO)Nc1ccc2[nH+]cc(-c3ccc(F)cc3)n2n1. The highest BCUT2D eigenvalue weighted by molar-refractivity contribution is 5.61. The second-order valence-electron chi connectivity index (χ2n) is 5.13. The van der Waals surface area contributed by atoms with Gasteiger partial charge in [0.1, 0.15) is 12.0 Å². The molecular formula is C16H18FN4O+. The largest absolute Gasteiger partial charge is 0.394 e. The molecule has 0 aliphatic carbocycles. The standard InChI is InChI=1S/C16H17FN4O/c1-2-13(10-22)19-15-7-8-16-18-9-14(21(16)20-15)11-3-5-12(17)6-4-11/h3-9,13,22H,2,10H2,1H3,(H,19,20)/p+1. The smallest absolute Gasteiger partial charge is 0.305 e. The van der Waals surface area contributed by atoms with Crippen molar-refractivity contribution in [3.63, 3.8) is 0 Å². The van der Waals surface area contributed by atoms with E-state index in [-0.39, 0.29) is 18.5 Å². The third-order valence-corrected chi connectivity index (χ3v) is 3.63. The van der Waals surface area contributed by atoms with Gasteiger partial charge in [-0.2, -0.15) is 0 Å². The van der Waals surface area contributed by atoms with E-state index >= 15 is 0 Å². The molecule has 0 bridgehead atoms. The number of aromatic amines is 1. The van der Waals surface area contributed by atoms with E-state index in [9.17, 15) is 9.50 Å². The van der Waals surface area contributed by atoms with E-state index in [0.717, 1.165) is 23.3 Å². The molecule has 3 aromatic rings. The number of nitrogens with one attached hydrogen (secondary N) is 2. The van der Waals surface area contributed by atoms with Gasteiger partial charge in [0.25, 0.3) is 0 Å². The Morgan fingerprint density at radius 3 is 2.73 bits per heavy atom. The van der Waals surface area contributed by atoms with Gasteiger partial charge in [0, 0.05) is 11.6 Å². The van der Waals surface area contributed by atoms with Crippen molar-refractivity contribution >= 4 is 11.5 Å². The van der Waals surface area contributed by atoms with Crippen molar-refractivity contribution in [2.75, 3.05) is 11.9 Å². The lowest BCUT2D eigenvalue weighted by molar-refractivity contribution is -0.343. The van der Waals surface area contributed by atoms with Gasteiger partial charge in [-0.15, -0.1) is 0 Å². The number of hydrogen-bond donors (Lipinski definition) is 2. The van der Waals surface area contributed by atoms with Crippen molar-refractivity contribution in [3.8, 4) is 11.3 Å². The van der Waals surface area contributed by atoms with Crippen LogP contribution in [-0.4, -0.2) is 27.4 Å². The summed E-state index contributed by atoms with van der Waals surface area (Å²) in [5.74, 6) is 0.416. The fourth-order valence-electron chi connectivity index (χ4n) is 2.31. The van der Waals surface area contributed by atoms with Gasteiger partial charge >= 0.3 is 5.65 Å². The van der Waals surface area contributed by atoms with Gasteiger partial charge in [-0.3, -0.25) is 0 Å². The summed E-state index contributed by atoms with van der Waals surface area (Å²) in [5.41, 5.74) is 2.55. The Morgan fingerprint density at radius 1 is 1.27 bits per heavy atom. The zero-order valence-electron chi connectivity index (χ0n) is 12.3. The van der Waals surface area contributed by atoms with E-state index in [2.05, 4.69) is 15.4 Å². The van der Waals surface area contributed by atoms with Crippen LogP contribution in [0.15, 0.2) is 42.6 Å². The van der Waals surface area contributed by atoms with Crippen LogP contribution in [0.25, 0.3) is 16.9 Å².